The van der Waals surface area contributed by atoms with Crippen molar-refractivity contribution in [2.75, 3.05) is 26.2 Å². The third kappa shape index (κ3) is 4.46. The van der Waals surface area contributed by atoms with Crippen molar-refractivity contribution < 1.29 is 9.18 Å². The average Bonchev–Trinajstić information content (AvgIpc) is 2.73. The molecule has 4 rings (SSSR count). The SMILES string of the molecule is O=C(Cn1cnc2ccc(F)cc2c1=O)N1CCN(Cc2ccc(Cl)cc2)CC1. The molecule has 2 heterocycles. The molecule has 0 atom stereocenters. The molecular formula is C21H20ClFN4O2. The van der Waals surface area contributed by atoms with Crippen LogP contribution in [0, 0.1) is 5.82 Å². The Morgan fingerprint density at radius 3 is 2.52 bits per heavy atom. The number of carbonyl (C=O) groups is 1. The Balaban J connectivity index is 1.37. The molecular weight excluding hydrogens is 395 g/mol. The van der Waals surface area contributed by atoms with E-state index in [2.05, 4.69) is 9.88 Å². The number of nitrogens with zero attached hydrogens (tertiary/aromatic N) is 4. The van der Waals surface area contributed by atoms with Crippen LogP contribution in [0.2, 0.25) is 5.02 Å². The van der Waals surface area contributed by atoms with Crippen LogP contribution in [0.3, 0.4) is 0 Å². The Kier molecular flexibility index (Phi) is 5.60. The summed E-state index contributed by atoms with van der Waals surface area (Å²) in [4.78, 5) is 33.4. The lowest BCUT2D eigenvalue weighted by molar-refractivity contribution is -0.133. The monoisotopic (exact) mass is 414 g/mol. The third-order valence-corrected chi connectivity index (χ3v) is 5.39. The van der Waals surface area contributed by atoms with Gasteiger partial charge in [0.15, 0.2) is 0 Å². The summed E-state index contributed by atoms with van der Waals surface area (Å²) in [5.74, 6) is -0.645. The van der Waals surface area contributed by atoms with Gasteiger partial charge in [0.1, 0.15) is 12.4 Å². The number of piperazine rings is 1. The van der Waals surface area contributed by atoms with E-state index < -0.39 is 11.4 Å². The Morgan fingerprint density at radius 2 is 1.79 bits per heavy atom. The highest BCUT2D eigenvalue weighted by molar-refractivity contribution is 6.30. The minimum Gasteiger partial charge on any atom is -0.339 e. The number of halogens is 2. The number of aromatic nitrogens is 2. The van der Waals surface area contributed by atoms with Crippen molar-refractivity contribution in [3.05, 3.63) is 75.5 Å². The minimum atomic E-state index is -0.503. The first-order valence-electron chi connectivity index (χ1n) is 9.39. The molecule has 1 amide bonds. The fourth-order valence-electron chi connectivity index (χ4n) is 3.49. The Hall–Kier alpha value is -2.77. The predicted molar refractivity (Wildman–Crippen MR) is 109 cm³/mol. The van der Waals surface area contributed by atoms with E-state index in [0.717, 1.165) is 25.7 Å². The first-order valence-corrected chi connectivity index (χ1v) is 9.77. The lowest BCUT2D eigenvalue weighted by Gasteiger charge is -2.34. The van der Waals surface area contributed by atoms with Crippen LogP contribution in [0.4, 0.5) is 4.39 Å². The lowest BCUT2D eigenvalue weighted by atomic mass is 10.2. The van der Waals surface area contributed by atoms with E-state index >= 15 is 0 Å². The highest BCUT2D eigenvalue weighted by atomic mass is 35.5. The molecule has 2 aromatic carbocycles. The van der Waals surface area contributed by atoms with Crippen LogP contribution < -0.4 is 5.56 Å². The molecule has 1 aromatic heterocycles. The van der Waals surface area contributed by atoms with Gasteiger partial charge in [-0.15, -0.1) is 0 Å². The zero-order chi connectivity index (χ0) is 20.4. The van der Waals surface area contributed by atoms with Crippen LogP contribution in [-0.4, -0.2) is 51.4 Å². The molecule has 0 aliphatic carbocycles. The maximum Gasteiger partial charge on any atom is 0.261 e. The largest absolute Gasteiger partial charge is 0.339 e. The van der Waals surface area contributed by atoms with E-state index in [1.165, 1.54) is 28.6 Å². The quantitative estimate of drug-likeness (QED) is 0.658. The van der Waals surface area contributed by atoms with Crippen molar-refractivity contribution >= 4 is 28.4 Å². The van der Waals surface area contributed by atoms with E-state index in [1.54, 1.807) is 4.90 Å². The van der Waals surface area contributed by atoms with E-state index in [-0.39, 0.29) is 17.8 Å². The number of hydrogen-bond acceptors (Lipinski definition) is 4. The Morgan fingerprint density at radius 1 is 1.07 bits per heavy atom. The maximum atomic E-state index is 13.5. The van der Waals surface area contributed by atoms with Crippen molar-refractivity contribution in [3.8, 4) is 0 Å². The van der Waals surface area contributed by atoms with Crippen LogP contribution in [0.1, 0.15) is 5.56 Å². The predicted octanol–water partition coefficient (Wildman–Crippen LogP) is 2.53. The van der Waals surface area contributed by atoms with Crippen molar-refractivity contribution in [1.29, 1.82) is 0 Å². The van der Waals surface area contributed by atoms with Crippen molar-refractivity contribution in [1.82, 2.24) is 19.4 Å². The molecule has 3 aromatic rings. The molecule has 0 radical (unpaired) electrons. The van der Waals surface area contributed by atoms with Gasteiger partial charge in [-0.2, -0.15) is 0 Å². The van der Waals surface area contributed by atoms with Gasteiger partial charge in [0.2, 0.25) is 5.91 Å². The van der Waals surface area contributed by atoms with E-state index in [4.69, 9.17) is 11.6 Å². The molecule has 1 aliphatic rings. The number of rotatable bonds is 4. The molecule has 1 aliphatic heterocycles. The number of hydrogen-bond donors (Lipinski definition) is 0. The van der Waals surface area contributed by atoms with E-state index in [1.807, 2.05) is 24.3 Å². The van der Waals surface area contributed by atoms with Crippen LogP contribution in [-0.2, 0) is 17.9 Å². The first-order chi connectivity index (χ1) is 14.0. The highest BCUT2D eigenvalue weighted by Gasteiger charge is 2.22. The van der Waals surface area contributed by atoms with Crippen molar-refractivity contribution in [2.45, 2.75) is 13.1 Å². The second-order valence-electron chi connectivity index (χ2n) is 7.12. The van der Waals surface area contributed by atoms with Crippen LogP contribution in [0.25, 0.3) is 10.9 Å². The maximum absolute atomic E-state index is 13.5. The van der Waals surface area contributed by atoms with Gasteiger partial charge < -0.3 is 4.90 Å². The van der Waals surface area contributed by atoms with Crippen LogP contribution >= 0.6 is 11.6 Å². The zero-order valence-electron chi connectivity index (χ0n) is 15.7. The minimum absolute atomic E-state index is 0.102. The highest BCUT2D eigenvalue weighted by Crippen LogP contribution is 2.13. The molecule has 6 nitrogen and oxygen atoms in total. The normalized spacial score (nSPS) is 15.0. The van der Waals surface area contributed by atoms with Gasteiger partial charge in [-0.3, -0.25) is 19.1 Å². The summed E-state index contributed by atoms with van der Waals surface area (Å²) in [7, 11) is 0. The van der Waals surface area contributed by atoms with Gasteiger partial charge >= 0.3 is 0 Å². The summed E-state index contributed by atoms with van der Waals surface area (Å²) >= 11 is 5.92. The summed E-state index contributed by atoms with van der Waals surface area (Å²) < 4.78 is 14.7. The standard InChI is InChI=1S/C21H20ClFN4O2/c22-16-3-1-15(2-4-16)12-25-7-9-26(10-8-25)20(28)13-27-14-24-19-6-5-17(23)11-18(19)21(27)29/h1-6,11,14H,7-10,12-13H2. The summed E-state index contributed by atoms with van der Waals surface area (Å²) in [5.41, 5.74) is 1.18. The average molecular weight is 415 g/mol. The molecule has 8 heteroatoms. The summed E-state index contributed by atoms with van der Waals surface area (Å²) in [6.07, 6.45) is 1.34. The van der Waals surface area contributed by atoms with Crippen LogP contribution in [0.15, 0.2) is 53.6 Å². The second-order valence-corrected chi connectivity index (χ2v) is 7.56. The first kappa shape index (κ1) is 19.5. The summed E-state index contributed by atoms with van der Waals surface area (Å²) in [6, 6.07) is 11.6. The molecule has 1 fully saturated rings. The molecule has 150 valence electrons. The van der Waals surface area contributed by atoms with Gasteiger partial charge in [-0.25, -0.2) is 9.37 Å². The van der Waals surface area contributed by atoms with E-state index in [0.29, 0.717) is 23.6 Å². The fraction of sp³-hybridized carbons (Fsp3) is 0.286. The molecule has 0 bridgehead atoms. The number of fused-ring (bicyclic) bond motifs is 1. The molecule has 0 N–H and O–H groups in total. The fourth-order valence-corrected chi connectivity index (χ4v) is 3.62. The topological polar surface area (TPSA) is 58.4 Å². The van der Waals surface area contributed by atoms with Gasteiger partial charge in [0.25, 0.3) is 5.56 Å². The van der Waals surface area contributed by atoms with Crippen molar-refractivity contribution in [3.63, 3.8) is 0 Å². The zero-order valence-corrected chi connectivity index (χ0v) is 16.5. The van der Waals surface area contributed by atoms with E-state index in [9.17, 15) is 14.0 Å². The van der Waals surface area contributed by atoms with Gasteiger partial charge in [0.05, 0.1) is 17.2 Å². The number of amides is 1. The summed E-state index contributed by atoms with van der Waals surface area (Å²) in [6.45, 7) is 3.40. The smallest absolute Gasteiger partial charge is 0.261 e. The van der Waals surface area contributed by atoms with Gasteiger partial charge in [0, 0.05) is 37.7 Å². The molecule has 0 saturated carbocycles. The number of carbonyl (C=O) groups excluding carboxylic acids is 1. The third-order valence-electron chi connectivity index (χ3n) is 5.14. The molecule has 0 unspecified atom stereocenters. The van der Waals surface area contributed by atoms with Gasteiger partial charge in [-0.05, 0) is 35.9 Å². The molecule has 29 heavy (non-hydrogen) atoms. The van der Waals surface area contributed by atoms with Crippen molar-refractivity contribution in [2.24, 2.45) is 0 Å². The lowest BCUT2D eigenvalue weighted by Crippen LogP contribution is -2.49. The summed E-state index contributed by atoms with van der Waals surface area (Å²) in [5, 5.41) is 0.887. The Bertz CT molecular complexity index is 1090. The van der Waals surface area contributed by atoms with Gasteiger partial charge in [-0.1, -0.05) is 23.7 Å². The Labute approximate surface area is 172 Å². The molecule has 1 saturated heterocycles. The van der Waals surface area contributed by atoms with Crippen LogP contribution in [0.5, 0.6) is 0 Å². The molecule has 0 spiro atoms. The second kappa shape index (κ2) is 8.31. The number of benzene rings is 2.